The summed E-state index contributed by atoms with van der Waals surface area (Å²) in [4.78, 5) is 32.2. The number of likely N-dealkylation sites (tertiary alicyclic amines) is 1. The van der Waals surface area contributed by atoms with Crippen LogP contribution in [-0.2, 0) is 11.3 Å². The van der Waals surface area contributed by atoms with Crippen LogP contribution in [-0.4, -0.2) is 41.9 Å². The maximum absolute atomic E-state index is 13.3. The third-order valence-corrected chi connectivity index (χ3v) is 5.91. The average molecular weight is 430 g/mol. The summed E-state index contributed by atoms with van der Waals surface area (Å²) in [6, 6.07) is 21.0. The molecule has 1 aromatic heterocycles. The molecular formula is C26H27N3O3. The summed E-state index contributed by atoms with van der Waals surface area (Å²) in [5, 5.41) is 3.02. The van der Waals surface area contributed by atoms with E-state index >= 15 is 0 Å². The van der Waals surface area contributed by atoms with Gasteiger partial charge in [-0.15, -0.1) is 0 Å². The normalized spacial score (nSPS) is 18.1. The van der Waals surface area contributed by atoms with Gasteiger partial charge in [-0.3, -0.25) is 14.6 Å². The number of carbonyl (C=O) groups is 2. The van der Waals surface area contributed by atoms with Gasteiger partial charge >= 0.3 is 0 Å². The SMILES string of the molecule is COc1ccc(C(=O)N2C[C@@H](C(=O)NCc3cccnc3)C[C@@H](c3ccccc3)C2)cc1. The van der Waals surface area contributed by atoms with Gasteiger partial charge in [0, 0.05) is 43.5 Å². The van der Waals surface area contributed by atoms with Gasteiger partial charge in [0.2, 0.25) is 5.91 Å². The van der Waals surface area contributed by atoms with Crippen LogP contribution in [0.4, 0.5) is 0 Å². The maximum Gasteiger partial charge on any atom is 0.253 e. The summed E-state index contributed by atoms with van der Waals surface area (Å²) < 4.78 is 5.20. The molecular weight excluding hydrogens is 402 g/mol. The Balaban J connectivity index is 1.51. The molecule has 3 aromatic rings. The molecule has 1 aliphatic heterocycles. The van der Waals surface area contributed by atoms with Crippen LogP contribution < -0.4 is 10.1 Å². The first-order chi connectivity index (χ1) is 15.6. The summed E-state index contributed by atoms with van der Waals surface area (Å²) >= 11 is 0. The largest absolute Gasteiger partial charge is 0.497 e. The molecule has 0 spiro atoms. The molecule has 1 aliphatic rings. The molecule has 0 saturated carbocycles. The third kappa shape index (κ3) is 5.14. The lowest BCUT2D eigenvalue weighted by molar-refractivity contribution is -0.126. The highest BCUT2D eigenvalue weighted by Gasteiger charge is 2.34. The number of nitrogens with one attached hydrogen (secondary N) is 1. The van der Waals surface area contributed by atoms with Crippen LogP contribution in [0.5, 0.6) is 5.75 Å². The second-order valence-corrected chi connectivity index (χ2v) is 8.06. The van der Waals surface area contributed by atoms with Crippen LogP contribution in [0.15, 0.2) is 79.1 Å². The van der Waals surface area contributed by atoms with E-state index in [-0.39, 0.29) is 23.7 Å². The minimum Gasteiger partial charge on any atom is -0.497 e. The lowest BCUT2D eigenvalue weighted by Gasteiger charge is -2.37. The van der Waals surface area contributed by atoms with Gasteiger partial charge in [-0.05, 0) is 47.9 Å². The Morgan fingerprint density at radius 1 is 1.03 bits per heavy atom. The van der Waals surface area contributed by atoms with Gasteiger partial charge in [0.1, 0.15) is 5.75 Å². The molecule has 0 radical (unpaired) electrons. The number of aromatic nitrogens is 1. The predicted octanol–water partition coefficient (Wildman–Crippen LogP) is 3.65. The van der Waals surface area contributed by atoms with Crippen LogP contribution in [0.25, 0.3) is 0 Å². The number of benzene rings is 2. The van der Waals surface area contributed by atoms with E-state index < -0.39 is 0 Å². The number of methoxy groups -OCH3 is 1. The fourth-order valence-corrected chi connectivity index (χ4v) is 4.17. The van der Waals surface area contributed by atoms with E-state index in [2.05, 4.69) is 22.4 Å². The fourth-order valence-electron chi connectivity index (χ4n) is 4.17. The molecule has 0 bridgehead atoms. The van der Waals surface area contributed by atoms with Crippen molar-refractivity contribution in [2.75, 3.05) is 20.2 Å². The molecule has 2 heterocycles. The van der Waals surface area contributed by atoms with Gasteiger partial charge in [-0.25, -0.2) is 0 Å². The van der Waals surface area contributed by atoms with Crippen molar-refractivity contribution in [3.8, 4) is 5.75 Å². The highest BCUT2D eigenvalue weighted by Crippen LogP contribution is 2.31. The quantitative estimate of drug-likeness (QED) is 0.649. The molecule has 2 aromatic carbocycles. The Bertz CT molecular complexity index is 1040. The van der Waals surface area contributed by atoms with Gasteiger partial charge in [0.25, 0.3) is 5.91 Å². The van der Waals surface area contributed by atoms with Crippen molar-refractivity contribution in [1.82, 2.24) is 15.2 Å². The second-order valence-electron chi connectivity index (χ2n) is 8.06. The van der Waals surface area contributed by atoms with Crippen molar-refractivity contribution >= 4 is 11.8 Å². The number of carbonyl (C=O) groups excluding carboxylic acids is 2. The highest BCUT2D eigenvalue weighted by atomic mass is 16.5. The van der Waals surface area contributed by atoms with Crippen LogP contribution in [0, 0.1) is 5.92 Å². The van der Waals surface area contributed by atoms with E-state index in [1.807, 2.05) is 30.3 Å². The Morgan fingerprint density at radius 3 is 2.50 bits per heavy atom. The summed E-state index contributed by atoms with van der Waals surface area (Å²) in [6.07, 6.45) is 4.16. The van der Waals surface area contributed by atoms with E-state index in [1.54, 1.807) is 48.7 Å². The first-order valence-electron chi connectivity index (χ1n) is 10.8. The summed E-state index contributed by atoms with van der Waals surface area (Å²) in [5.74, 6) is 0.407. The van der Waals surface area contributed by atoms with Gasteiger partial charge in [-0.1, -0.05) is 36.4 Å². The van der Waals surface area contributed by atoms with E-state index in [0.717, 1.165) is 11.1 Å². The highest BCUT2D eigenvalue weighted by molar-refractivity contribution is 5.95. The predicted molar refractivity (Wildman–Crippen MR) is 122 cm³/mol. The number of ether oxygens (including phenoxy) is 1. The standard InChI is InChI=1S/C26H27N3O3/c1-32-24-11-9-21(10-12-24)26(31)29-17-22(20-7-3-2-4-8-20)14-23(18-29)25(30)28-16-19-6-5-13-27-15-19/h2-13,15,22-23H,14,16-18H2,1H3,(H,28,30)/t22-,23+/m1/s1. The topological polar surface area (TPSA) is 71.5 Å². The fraction of sp³-hybridized carbons (Fsp3) is 0.269. The lowest BCUT2D eigenvalue weighted by Crippen LogP contribution is -2.48. The zero-order valence-electron chi connectivity index (χ0n) is 18.1. The molecule has 2 amide bonds. The van der Waals surface area contributed by atoms with Crippen molar-refractivity contribution in [2.45, 2.75) is 18.9 Å². The molecule has 1 saturated heterocycles. The first kappa shape index (κ1) is 21.6. The summed E-state index contributed by atoms with van der Waals surface area (Å²) in [7, 11) is 1.60. The molecule has 0 unspecified atom stereocenters. The molecule has 1 N–H and O–H groups in total. The second kappa shape index (κ2) is 10.1. The first-order valence-corrected chi connectivity index (χ1v) is 10.8. The smallest absolute Gasteiger partial charge is 0.253 e. The van der Waals surface area contributed by atoms with E-state index in [1.165, 1.54) is 0 Å². The number of hydrogen-bond donors (Lipinski definition) is 1. The molecule has 0 aliphatic carbocycles. The molecule has 32 heavy (non-hydrogen) atoms. The summed E-state index contributed by atoms with van der Waals surface area (Å²) in [5.41, 5.74) is 2.68. The monoisotopic (exact) mass is 429 g/mol. The molecule has 4 rings (SSSR count). The molecule has 2 atom stereocenters. The van der Waals surface area contributed by atoms with Crippen LogP contribution in [0.2, 0.25) is 0 Å². The third-order valence-electron chi connectivity index (χ3n) is 5.91. The van der Waals surface area contributed by atoms with Crippen molar-refractivity contribution in [3.63, 3.8) is 0 Å². The zero-order valence-corrected chi connectivity index (χ0v) is 18.1. The number of hydrogen-bond acceptors (Lipinski definition) is 4. The number of nitrogens with zero attached hydrogens (tertiary/aromatic N) is 2. The van der Waals surface area contributed by atoms with E-state index in [9.17, 15) is 9.59 Å². The maximum atomic E-state index is 13.3. The Kier molecular flexibility index (Phi) is 6.80. The van der Waals surface area contributed by atoms with Gasteiger partial charge in [-0.2, -0.15) is 0 Å². The lowest BCUT2D eigenvalue weighted by atomic mass is 9.83. The Morgan fingerprint density at radius 2 is 1.81 bits per heavy atom. The van der Waals surface area contributed by atoms with Crippen LogP contribution >= 0.6 is 0 Å². The minimum absolute atomic E-state index is 0.0398. The minimum atomic E-state index is -0.284. The molecule has 6 heteroatoms. The Hall–Kier alpha value is -3.67. The van der Waals surface area contributed by atoms with E-state index in [0.29, 0.717) is 37.4 Å². The van der Waals surface area contributed by atoms with Crippen molar-refractivity contribution in [1.29, 1.82) is 0 Å². The van der Waals surface area contributed by atoms with Crippen molar-refractivity contribution in [3.05, 3.63) is 95.8 Å². The van der Waals surface area contributed by atoms with Crippen molar-refractivity contribution in [2.24, 2.45) is 5.92 Å². The van der Waals surface area contributed by atoms with Gasteiger partial charge < -0.3 is 15.0 Å². The number of pyridine rings is 1. The molecule has 6 nitrogen and oxygen atoms in total. The zero-order chi connectivity index (χ0) is 22.3. The molecule has 1 fully saturated rings. The number of rotatable bonds is 6. The van der Waals surface area contributed by atoms with Crippen LogP contribution in [0.1, 0.15) is 33.8 Å². The summed E-state index contributed by atoms with van der Waals surface area (Å²) in [6.45, 7) is 1.40. The van der Waals surface area contributed by atoms with Crippen LogP contribution in [0.3, 0.4) is 0 Å². The van der Waals surface area contributed by atoms with Gasteiger partial charge in [0.05, 0.1) is 13.0 Å². The molecule has 164 valence electrons. The number of amides is 2. The van der Waals surface area contributed by atoms with Gasteiger partial charge in [0.15, 0.2) is 0 Å². The Labute approximate surface area is 188 Å². The average Bonchev–Trinajstić information content (AvgIpc) is 2.87. The van der Waals surface area contributed by atoms with E-state index in [4.69, 9.17) is 4.74 Å². The number of piperidine rings is 1. The van der Waals surface area contributed by atoms with Crippen molar-refractivity contribution < 1.29 is 14.3 Å².